The molecule has 1 N–H and O–H groups in total. The highest BCUT2D eigenvalue weighted by Crippen LogP contribution is 2.26. The van der Waals surface area contributed by atoms with Crippen molar-refractivity contribution in [3.8, 4) is 18.4 Å². The van der Waals surface area contributed by atoms with Gasteiger partial charge in [-0.3, -0.25) is 0 Å². The number of nitrogens with zero attached hydrogens (tertiary/aromatic N) is 1. The number of nitrogens with one attached hydrogen (secondary N) is 1. The Bertz CT molecular complexity index is 443. The molecule has 2 nitrogen and oxygen atoms in total. The van der Waals surface area contributed by atoms with Gasteiger partial charge in [-0.25, -0.2) is 4.39 Å². The third-order valence-electron chi connectivity index (χ3n) is 1.79. The van der Waals surface area contributed by atoms with Crippen LogP contribution in [0.2, 0.25) is 0 Å². The molecule has 0 aliphatic heterocycles. The summed E-state index contributed by atoms with van der Waals surface area (Å²) in [5.74, 6) is 1.98. The van der Waals surface area contributed by atoms with Gasteiger partial charge in [0.15, 0.2) is 5.82 Å². The van der Waals surface area contributed by atoms with Crippen LogP contribution in [0.15, 0.2) is 16.6 Å². The van der Waals surface area contributed by atoms with Crippen LogP contribution in [-0.4, -0.2) is 6.54 Å². The number of hydrogen-bond acceptors (Lipinski definition) is 2. The van der Waals surface area contributed by atoms with Gasteiger partial charge >= 0.3 is 0 Å². The van der Waals surface area contributed by atoms with Crippen LogP contribution in [0.1, 0.15) is 12.0 Å². The minimum atomic E-state index is -0.467. The lowest BCUT2D eigenvalue weighted by atomic mass is 10.2. The van der Waals surface area contributed by atoms with Crippen LogP contribution in [-0.2, 0) is 0 Å². The monoisotopic (exact) mass is 266 g/mol. The molecule has 0 aromatic heterocycles. The summed E-state index contributed by atoms with van der Waals surface area (Å²) in [6.45, 7) is 0.506. The smallest absolute Gasteiger partial charge is 0.161 e. The van der Waals surface area contributed by atoms with Gasteiger partial charge in [0.2, 0.25) is 0 Å². The Balaban J connectivity index is 2.89. The SMILES string of the molecule is C#CCCNc1ccc(C#N)c(Br)c1F. The average Bonchev–Trinajstić information content (AvgIpc) is 2.25. The second-order valence-corrected chi connectivity index (χ2v) is 3.57. The van der Waals surface area contributed by atoms with Crippen LogP contribution in [0.25, 0.3) is 0 Å². The lowest BCUT2D eigenvalue weighted by Gasteiger charge is -2.07. The van der Waals surface area contributed by atoms with Crippen LogP contribution in [0, 0.1) is 29.5 Å². The van der Waals surface area contributed by atoms with Gasteiger partial charge in [0, 0.05) is 13.0 Å². The van der Waals surface area contributed by atoms with Gasteiger partial charge in [0.25, 0.3) is 0 Å². The Morgan fingerprint density at radius 1 is 1.53 bits per heavy atom. The Kier molecular flexibility index (Phi) is 4.15. The quantitative estimate of drug-likeness (QED) is 0.675. The van der Waals surface area contributed by atoms with Crippen molar-refractivity contribution < 1.29 is 4.39 Å². The Labute approximate surface area is 96.2 Å². The first-order valence-electron chi connectivity index (χ1n) is 4.26. The fourth-order valence-corrected chi connectivity index (χ4v) is 1.48. The van der Waals surface area contributed by atoms with E-state index in [2.05, 4.69) is 27.2 Å². The molecular weight excluding hydrogens is 259 g/mol. The van der Waals surface area contributed by atoms with E-state index >= 15 is 0 Å². The lowest BCUT2D eigenvalue weighted by molar-refractivity contribution is 0.623. The molecule has 0 bridgehead atoms. The second kappa shape index (κ2) is 5.38. The zero-order chi connectivity index (χ0) is 11.3. The van der Waals surface area contributed by atoms with Gasteiger partial charge in [-0.15, -0.1) is 12.3 Å². The van der Waals surface area contributed by atoms with E-state index in [0.717, 1.165) is 0 Å². The first kappa shape index (κ1) is 11.6. The van der Waals surface area contributed by atoms with Crippen molar-refractivity contribution in [2.45, 2.75) is 6.42 Å². The largest absolute Gasteiger partial charge is 0.382 e. The van der Waals surface area contributed by atoms with E-state index in [4.69, 9.17) is 11.7 Å². The van der Waals surface area contributed by atoms with Crippen molar-refractivity contribution in [3.05, 3.63) is 28.0 Å². The highest BCUT2D eigenvalue weighted by Gasteiger charge is 2.09. The summed E-state index contributed by atoms with van der Waals surface area (Å²) >= 11 is 3.02. The maximum atomic E-state index is 13.6. The molecule has 0 aliphatic carbocycles. The third kappa shape index (κ3) is 2.71. The Morgan fingerprint density at radius 2 is 2.27 bits per heavy atom. The van der Waals surface area contributed by atoms with Crippen molar-refractivity contribution in [1.29, 1.82) is 5.26 Å². The number of terminal acetylenes is 1. The normalized spacial score (nSPS) is 9.07. The van der Waals surface area contributed by atoms with Gasteiger partial charge in [-0.05, 0) is 28.1 Å². The Morgan fingerprint density at radius 3 is 2.87 bits per heavy atom. The molecule has 15 heavy (non-hydrogen) atoms. The molecule has 1 aromatic carbocycles. The molecular formula is C11H8BrFN2. The minimum absolute atomic E-state index is 0.177. The minimum Gasteiger partial charge on any atom is -0.382 e. The number of rotatable bonds is 3. The van der Waals surface area contributed by atoms with Crippen LogP contribution in [0.4, 0.5) is 10.1 Å². The van der Waals surface area contributed by atoms with Crippen molar-refractivity contribution in [2.24, 2.45) is 0 Å². The van der Waals surface area contributed by atoms with Crippen molar-refractivity contribution in [2.75, 3.05) is 11.9 Å². The molecule has 0 saturated carbocycles. The first-order chi connectivity index (χ1) is 7.20. The van der Waals surface area contributed by atoms with Gasteiger partial charge in [-0.1, -0.05) is 0 Å². The highest BCUT2D eigenvalue weighted by molar-refractivity contribution is 9.10. The van der Waals surface area contributed by atoms with Crippen LogP contribution < -0.4 is 5.32 Å². The number of halogens is 2. The summed E-state index contributed by atoms with van der Waals surface area (Å²) in [4.78, 5) is 0. The van der Waals surface area contributed by atoms with E-state index in [1.165, 1.54) is 6.07 Å². The van der Waals surface area contributed by atoms with Gasteiger partial charge < -0.3 is 5.32 Å². The topological polar surface area (TPSA) is 35.8 Å². The average molecular weight is 267 g/mol. The Hall–Kier alpha value is -1.52. The summed E-state index contributed by atoms with van der Waals surface area (Å²) in [7, 11) is 0. The molecule has 0 unspecified atom stereocenters. The first-order valence-corrected chi connectivity index (χ1v) is 5.05. The zero-order valence-electron chi connectivity index (χ0n) is 7.85. The van der Waals surface area contributed by atoms with Crippen molar-refractivity contribution in [3.63, 3.8) is 0 Å². The van der Waals surface area contributed by atoms with E-state index in [1.807, 2.05) is 6.07 Å². The van der Waals surface area contributed by atoms with Crippen LogP contribution >= 0.6 is 15.9 Å². The standard InChI is InChI=1S/C11H8BrFN2/c1-2-3-6-15-9-5-4-8(7-14)10(12)11(9)13/h1,4-5,15H,3,6H2. The lowest BCUT2D eigenvalue weighted by Crippen LogP contribution is -2.03. The van der Waals surface area contributed by atoms with E-state index in [9.17, 15) is 4.39 Å². The molecule has 0 amide bonds. The molecule has 0 spiro atoms. The highest BCUT2D eigenvalue weighted by atomic mass is 79.9. The molecule has 0 saturated heterocycles. The summed E-state index contributed by atoms with van der Waals surface area (Å²) in [6, 6.07) is 4.95. The molecule has 1 rings (SSSR count). The van der Waals surface area contributed by atoms with Crippen molar-refractivity contribution >= 4 is 21.6 Å². The predicted molar refractivity (Wildman–Crippen MR) is 60.8 cm³/mol. The number of hydrogen-bond donors (Lipinski definition) is 1. The van der Waals surface area contributed by atoms with E-state index in [1.54, 1.807) is 6.07 Å². The molecule has 0 atom stereocenters. The van der Waals surface area contributed by atoms with Crippen molar-refractivity contribution in [1.82, 2.24) is 0 Å². The zero-order valence-corrected chi connectivity index (χ0v) is 9.44. The maximum absolute atomic E-state index is 13.6. The summed E-state index contributed by atoms with van der Waals surface area (Å²) in [6.07, 6.45) is 5.60. The molecule has 76 valence electrons. The van der Waals surface area contributed by atoms with E-state index in [0.29, 0.717) is 18.7 Å². The molecule has 0 fully saturated rings. The van der Waals surface area contributed by atoms with Crippen LogP contribution in [0.3, 0.4) is 0 Å². The molecule has 4 heteroatoms. The molecule has 0 radical (unpaired) electrons. The van der Waals surface area contributed by atoms with E-state index in [-0.39, 0.29) is 10.0 Å². The number of anilines is 1. The molecule has 1 aromatic rings. The predicted octanol–water partition coefficient (Wildman–Crippen LogP) is 2.90. The van der Waals surface area contributed by atoms with Gasteiger partial charge in [-0.2, -0.15) is 5.26 Å². The fourth-order valence-electron chi connectivity index (χ4n) is 1.04. The summed E-state index contributed by atoms with van der Waals surface area (Å²) in [5.41, 5.74) is 0.617. The maximum Gasteiger partial charge on any atom is 0.161 e. The van der Waals surface area contributed by atoms with Crippen LogP contribution in [0.5, 0.6) is 0 Å². The fraction of sp³-hybridized carbons (Fsp3) is 0.182. The van der Waals surface area contributed by atoms with E-state index < -0.39 is 5.82 Å². The van der Waals surface area contributed by atoms with Gasteiger partial charge in [0.1, 0.15) is 6.07 Å². The molecule has 0 aliphatic rings. The number of nitriles is 1. The number of benzene rings is 1. The summed E-state index contributed by atoms with van der Waals surface area (Å²) in [5, 5.41) is 11.5. The summed E-state index contributed by atoms with van der Waals surface area (Å²) < 4.78 is 13.7. The molecule has 0 heterocycles. The van der Waals surface area contributed by atoms with Gasteiger partial charge in [0.05, 0.1) is 15.7 Å². The second-order valence-electron chi connectivity index (χ2n) is 2.78. The third-order valence-corrected chi connectivity index (χ3v) is 2.56.